The number of anilines is 1. The molecule has 0 bridgehead atoms. The fourth-order valence-corrected chi connectivity index (χ4v) is 5.22. The van der Waals surface area contributed by atoms with E-state index in [9.17, 15) is 19.2 Å². The summed E-state index contributed by atoms with van der Waals surface area (Å²) in [6, 6.07) is 13.1. The molecule has 226 valence electrons. The van der Waals surface area contributed by atoms with Crippen LogP contribution in [-0.4, -0.2) is 81.4 Å². The van der Waals surface area contributed by atoms with Gasteiger partial charge in [0.2, 0.25) is 5.91 Å². The minimum absolute atomic E-state index is 0.0877. The van der Waals surface area contributed by atoms with E-state index >= 15 is 0 Å². The fraction of sp³-hybridized carbons (Fsp3) is 0.448. The minimum Gasteiger partial charge on any atom is -0.518 e. The number of rotatable bonds is 9. The summed E-state index contributed by atoms with van der Waals surface area (Å²) in [6.07, 6.45) is 0.423. The number of amides is 2. The van der Waals surface area contributed by atoms with Crippen LogP contribution in [0.3, 0.4) is 0 Å². The standard InChI is InChI=1S/C29H37BCl2N4O6/c1-18(2)13-25(34-26(37)15-33-27(38)22-14-20(31)11-12-23(22)32)30-35(4)24(29(40)41-5)17-36(16-19(3)28(39)42-30)21-9-7-6-8-10-21/h6-12,14,18-19,24-25H,13,15-17H2,1-5H3,(H,33,38)(H,34,37)/t19-,24-,25-/m0/s1. The molecule has 2 aromatic carbocycles. The Morgan fingerprint density at radius 2 is 1.81 bits per heavy atom. The Hall–Kier alpha value is -3.28. The van der Waals surface area contributed by atoms with Crippen LogP contribution in [0.25, 0.3) is 0 Å². The van der Waals surface area contributed by atoms with Gasteiger partial charge < -0.3 is 24.9 Å². The zero-order valence-electron chi connectivity index (χ0n) is 24.4. The number of nitrogens with zero attached hydrogens (tertiary/aromatic N) is 2. The van der Waals surface area contributed by atoms with Crippen LogP contribution in [0.2, 0.25) is 10.0 Å². The van der Waals surface area contributed by atoms with Gasteiger partial charge in [-0.1, -0.05) is 62.2 Å². The lowest BCUT2D eigenvalue weighted by molar-refractivity contribution is -0.145. The van der Waals surface area contributed by atoms with Gasteiger partial charge in [0.05, 0.1) is 36.1 Å². The number of hydrogen-bond acceptors (Lipinski definition) is 8. The van der Waals surface area contributed by atoms with E-state index in [-0.39, 0.29) is 29.6 Å². The van der Waals surface area contributed by atoms with E-state index < -0.39 is 48.7 Å². The number of esters is 1. The fourth-order valence-electron chi connectivity index (χ4n) is 4.84. The number of carbonyl (C=O) groups excluding carboxylic acids is 4. The number of likely N-dealkylation sites (N-methyl/N-ethyl adjacent to an activating group) is 1. The Labute approximate surface area is 257 Å². The van der Waals surface area contributed by atoms with Crippen LogP contribution in [0.15, 0.2) is 48.5 Å². The summed E-state index contributed by atoms with van der Waals surface area (Å²) in [5.41, 5.74) is 0.985. The molecule has 2 amide bonds. The van der Waals surface area contributed by atoms with E-state index in [1.54, 1.807) is 24.8 Å². The summed E-state index contributed by atoms with van der Waals surface area (Å²) in [7, 11) is 1.98. The molecule has 1 aliphatic heterocycles. The first-order valence-electron chi connectivity index (χ1n) is 13.7. The number of nitrogens with one attached hydrogen (secondary N) is 2. The normalized spacial score (nSPS) is 18.8. The van der Waals surface area contributed by atoms with Gasteiger partial charge in [0.15, 0.2) is 0 Å². The molecule has 42 heavy (non-hydrogen) atoms. The first kappa shape index (κ1) is 33.2. The maximum absolute atomic E-state index is 13.3. The van der Waals surface area contributed by atoms with Crippen molar-refractivity contribution in [3.8, 4) is 0 Å². The van der Waals surface area contributed by atoms with Crippen LogP contribution < -0.4 is 15.5 Å². The number of ether oxygens (including phenoxy) is 1. The molecule has 1 fully saturated rings. The molecular formula is C29H37BCl2N4O6. The molecule has 0 saturated carbocycles. The van der Waals surface area contributed by atoms with Crippen LogP contribution in [0.4, 0.5) is 5.69 Å². The van der Waals surface area contributed by atoms with Crippen LogP contribution in [0.1, 0.15) is 37.6 Å². The lowest BCUT2D eigenvalue weighted by atomic mass is 9.66. The number of methoxy groups -OCH3 is 1. The SMILES string of the molecule is COC(=O)[C@@H]1CN(c2ccccc2)C[C@H](C)C(=O)OB([C@H](CC(C)C)NC(=O)CNC(=O)c2cc(Cl)ccc2Cl)N1C. The monoisotopic (exact) mass is 618 g/mol. The molecule has 0 spiro atoms. The second-order valence-electron chi connectivity index (χ2n) is 10.8. The third-order valence-electron chi connectivity index (χ3n) is 7.01. The second-order valence-corrected chi connectivity index (χ2v) is 11.6. The average molecular weight is 619 g/mol. The lowest BCUT2D eigenvalue weighted by Gasteiger charge is -2.36. The van der Waals surface area contributed by atoms with E-state index in [1.165, 1.54) is 19.2 Å². The summed E-state index contributed by atoms with van der Waals surface area (Å²) in [4.78, 5) is 55.8. The Morgan fingerprint density at radius 3 is 2.45 bits per heavy atom. The molecule has 3 atom stereocenters. The Kier molecular flexibility index (Phi) is 12.1. The van der Waals surface area contributed by atoms with Gasteiger partial charge in [-0.15, -0.1) is 0 Å². The molecule has 0 radical (unpaired) electrons. The molecular weight excluding hydrogens is 582 g/mol. The summed E-state index contributed by atoms with van der Waals surface area (Å²) in [6.45, 7) is 5.88. The molecule has 2 aromatic rings. The van der Waals surface area contributed by atoms with Crippen molar-refractivity contribution in [1.29, 1.82) is 0 Å². The highest BCUT2D eigenvalue weighted by atomic mass is 35.5. The first-order valence-corrected chi connectivity index (χ1v) is 14.5. The van der Waals surface area contributed by atoms with Crippen LogP contribution in [0, 0.1) is 11.8 Å². The molecule has 10 nitrogen and oxygen atoms in total. The van der Waals surface area contributed by atoms with E-state index in [1.807, 2.05) is 49.1 Å². The van der Waals surface area contributed by atoms with Crippen molar-refractivity contribution in [2.75, 3.05) is 38.7 Å². The number of carbonyl (C=O) groups is 4. The third-order valence-corrected chi connectivity index (χ3v) is 7.58. The van der Waals surface area contributed by atoms with Gasteiger partial charge in [0.25, 0.3) is 11.9 Å². The highest BCUT2D eigenvalue weighted by molar-refractivity contribution is 6.53. The average Bonchev–Trinajstić information content (AvgIpc) is 3.00. The van der Waals surface area contributed by atoms with Gasteiger partial charge in [0, 0.05) is 23.8 Å². The second kappa shape index (κ2) is 15.3. The van der Waals surface area contributed by atoms with Crippen molar-refractivity contribution in [3.05, 3.63) is 64.1 Å². The molecule has 3 rings (SSSR count). The number of halogens is 2. The molecule has 1 saturated heterocycles. The van der Waals surface area contributed by atoms with Crippen molar-refractivity contribution < 1.29 is 28.6 Å². The van der Waals surface area contributed by atoms with E-state index in [4.69, 9.17) is 32.6 Å². The molecule has 1 heterocycles. The minimum atomic E-state index is -0.996. The summed E-state index contributed by atoms with van der Waals surface area (Å²) in [5, 5.41) is 5.99. The van der Waals surface area contributed by atoms with Gasteiger partial charge >= 0.3 is 13.0 Å². The number of para-hydroxylation sites is 1. The van der Waals surface area contributed by atoms with Crippen molar-refractivity contribution in [2.24, 2.45) is 11.8 Å². The Balaban J connectivity index is 1.86. The summed E-state index contributed by atoms with van der Waals surface area (Å²) >= 11 is 12.1. The maximum Gasteiger partial charge on any atom is 0.475 e. The van der Waals surface area contributed by atoms with Gasteiger partial charge in [-0.3, -0.25) is 24.0 Å². The van der Waals surface area contributed by atoms with Crippen LogP contribution in [-0.2, 0) is 23.8 Å². The quantitative estimate of drug-likeness (QED) is 0.324. The molecule has 0 aliphatic carbocycles. The molecule has 0 unspecified atom stereocenters. The lowest BCUT2D eigenvalue weighted by Crippen LogP contribution is -2.63. The highest BCUT2D eigenvalue weighted by Gasteiger charge is 2.45. The van der Waals surface area contributed by atoms with E-state index in [2.05, 4.69) is 10.6 Å². The van der Waals surface area contributed by atoms with Crippen molar-refractivity contribution in [1.82, 2.24) is 15.4 Å². The van der Waals surface area contributed by atoms with Crippen molar-refractivity contribution in [2.45, 2.75) is 39.2 Å². The largest absolute Gasteiger partial charge is 0.518 e. The van der Waals surface area contributed by atoms with Gasteiger partial charge in [-0.25, -0.2) is 0 Å². The van der Waals surface area contributed by atoms with Crippen molar-refractivity contribution in [3.63, 3.8) is 0 Å². The summed E-state index contributed by atoms with van der Waals surface area (Å²) < 4.78 is 11.2. The van der Waals surface area contributed by atoms with E-state index in [0.717, 1.165) is 5.69 Å². The topological polar surface area (TPSA) is 117 Å². The molecule has 1 aliphatic rings. The smallest absolute Gasteiger partial charge is 0.475 e. The van der Waals surface area contributed by atoms with Gasteiger partial charge in [-0.05, 0) is 49.7 Å². The maximum atomic E-state index is 13.3. The van der Waals surface area contributed by atoms with Crippen LogP contribution in [0.5, 0.6) is 0 Å². The number of benzene rings is 2. The highest BCUT2D eigenvalue weighted by Crippen LogP contribution is 2.23. The molecule has 13 heteroatoms. The van der Waals surface area contributed by atoms with Gasteiger partial charge in [0.1, 0.15) is 6.04 Å². The predicted molar refractivity (Wildman–Crippen MR) is 163 cm³/mol. The third kappa shape index (κ3) is 8.86. The van der Waals surface area contributed by atoms with Gasteiger partial charge in [-0.2, -0.15) is 0 Å². The number of hydrogen-bond donors (Lipinski definition) is 2. The first-order chi connectivity index (χ1) is 19.9. The Morgan fingerprint density at radius 1 is 1.12 bits per heavy atom. The van der Waals surface area contributed by atoms with Crippen LogP contribution >= 0.6 is 23.2 Å². The van der Waals surface area contributed by atoms with E-state index in [0.29, 0.717) is 18.0 Å². The summed E-state index contributed by atoms with van der Waals surface area (Å²) in [5.74, 6) is -3.20. The predicted octanol–water partition coefficient (Wildman–Crippen LogP) is 3.45. The zero-order valence-corrected chi connectivity index (χ0v) is 25.9. The molecule has 2 N–H and O–H groups in total. The van der Waals surface area contributed by atoms with Crippen molar-refractivity contribution >= 4 is 59.7 Å². The Bertz CT molecular complexity index is 1270. The zero-order chi connectivity index (χ0) is 31.0. The molecule has 0 aromatic heterocycles.